The summed E-state index contributed by atoms with van der Waals surface area (Å²) in [4.78, 5) is 45.4. The zero-order valence-corrected chi connectivity index (χ0v) is 37.7. The molecule has 2 heterocycles. The molecule has 318 valence electrons. The van der Waals surface area contributed by atoms with Crippen molar-refractivity contribution in [1.29, 1.82) is 0 Å². The number of aromatic amines is 2. The van der Waals surface area contributed by atoms with Crippen molar-refractivity contribution in [1.82, 2.24) is 19.6 Å². The second-order valence-electron chi connectivity index (χ2n) is 12.7. The summed E-state index contributed by atoms with van der Waals surface area (Å²) in [5.41, 5.74) is -1.73. The molecule has 0 spiro atoms. The third kappa shape index (κ3) is 11.2. The standard InChI is InChI=1S/2C17H16N6O6S.Cr.Na/c2*1-9-6-13(16(24)14(7-9)23(26)27)19-20-15-10(2)21-22(17(15)25)11-4-3-5-12(8-11)30(18,28)29;;/h2*3-8,21,24H,1-2H3,(H2,18,28,29);;/q;;;+1/p-2. The number of hydrogen-bond donors (Lipinski definition) is 4. The van der Waals surface area contributed by atoms with Crippen LogP contribution >= 0.6 is 0 Å². The van der Waals surface area contributed by atoms with Gasteiger partial charge >= 0.3 is 29.6 Å². The van der Waals surface area contributed by atoms with Crippen molar-refractivity contribution >= 4 is 54.2 Å². The van der Waals surface area contributed by atoms with E-state index in [1.165, 1.54) is 74.5 Å². The van der Waals surface area contributed by atoms with Gasteiger partial charge < -0.3 is 10.2 Å². The number of nitrogens with zero attached hydrogens (tertiary/aromatic N) is 8. The van der Waals surface area contributed by atoms with E-state index in [1.54, 1.807) is 13.8 Å². The van der Waals surface area contributed by atoms with Crippen LogP contribution in [0.5, 0.6) is 11.5 Å². The van der Waals surface area contributed by atoms with Crippen LogP contribution in [-0.4, -0.2) is 46.2 Å². The van der Waals surface area contributed by atoms with Crippen LogP contribution in [0.15, 0.2) is 113 Å². The number of azo groups is 2. The van der Waals surface area contributed by atoms with Crippen LogP contribution in [0.25, 0.3) is 11.4 Å². The smallest absolute Gasteiger partial charge is 0.866 e. The maximum Gasteiger partial charge on any atom is 1.00 e. The van der Waals surface area contributed by atoms with Crippen molar-refractivity contribution in [2.45, 2.75) is 37.5 Å². The van der Waals surface area contributed by atoms with Crippen molar-refractivity contribution < 1.29 is 83.8 Å². The fraction of sp³-hybridized carbons (Fsp3) is 0.118. The molecule has 0 atom stereocenters. The molecule has 0 bridgehead atoms. The molecule has 4 aromatic carbocycles. The minimum atomic E-state index is -3.98. The zero-order valence-electron chi connectivity index (χ0n) is 32.8. The second kappa shape index (κ2) is 19.7. The van der Waals surface area contributed by atoms with Crippen LogP contribution in [0.2, 0.25) is 0 Å². The van der Waals surface area contributed by atoms with Crippen molar-refractivity contribution in [2.75, 3.05) is 0 Å². The molecule has 2 aromatic heterocycles. The van der Waals surface area contributed by atoms with Crippen molar-refractivity contribution in [3.05, 3.63) is 136 Å². The summed E-state index contributed by atoms with van der Waals surface area (Å²) < 4.78 is 48.2. The summed E-state index contributed by atoms with van der Waals surface area (Å²) in [6, 6.07) is 15.6. The number of sulfonamides is 2. The summed E-state index contributed by atoms with van der Waals surface area (Å²) >= 11 is 0. The molecule has 24 nitrogen and oxygen atoms in total. The monoisotopic (exact) mass is 937 g/mol. The topological polar surface area (TPSA) is 378 Å². The molecular weight excluding hydrogens is 908 g/mol. The van der Waals surface area contributed by atoms with Gasteiger partial charge in [-0.25, -0.2) is 36.5 Å². The van der Waals surface area contributed by atoms with Gasteiger partial charge in [0.15, 0.2) is 11.4 Å². The Bertz CT molecular complexity index is 2940. The number of nitrogens with one attached hydrogen (secondary N) is 2. The molecule has 6 aromatic rings. The maximum atomic E-state index is 12.7. The molecule has 0 saturated heterocycles. The number of nitro benzene ring substituents is 2. The van der Waals surface area contributed by atoms with Crippen molar-refractivity contribution in [3.63, 3.8) is 0 Å². The average molecular weight is 938 g/mol. The van der Waals surface area contributed by atoms with E-state index in [0.29, 0.717) is 11.1 Å². The summed E-state index contributed by atoms with van der Waals surface area (Å²) in [6.45, 7) is 6.15. The SMILES string of the molecule is Cc1cc(N=Nc2c(C)[nH]n(-c3cccc(S(N)(=O)=O)c3)c2=O)c([O-])c([N+](=O)[O-])c1.Cc1cc(N=Nc2c(C)[nH]n(-c3cccc(S(N)(=O)=O)c3)c2=O)c([O-])c([N+](=O)[O-])c1.[Cr].[Na+]. The van der Waals surface area contributed by atoms with Gasteiger partial charge in [0, 0.05) is 41.0 Å². The molecule has 0 fully saturated rings. The minimum Gasteiger partial charge on any atom is -0.866 e. The number of primary sulfonamides is 2. The van der Waals surface area contributed by atoms with Gasteiger partial charge in [-0.1, -0.05) is 12.1 Å². The summed E-state index contributed by atoms with van der Waals surface area (Å²) in [6.07, 6.45) is 0. The van der Waals surface area contributed by atoms with Gasteiger partial charge in [-0.15, -0.1) is 10.2 Å². The molecule has 6 rings (SSSR count). The van der Waals surface area contributed by atoms with Gasteiger partial charge in [-0.3, -0.25) is 40.0 Å². The Balaban J connectivity index is 0.000000320. The van der Waals surface area contributed by atoms with Crippen LogP contribution in [0.1, 0.15) is 22.5 Å². The molecule has 0 amide bonds. The normalized spacial score (nSPS) is 11.5. The number of nitrogens with two attached hydrogens (primary N) is 2. The van der Waals surface area contributed by atoms with E-state index in [-0.39, 0.29) is 102 Å². The summed E-state index contributed by atoms with van der Waals surface area (Å²) in [5, 5.41) is 77.0. The van der Waals surface area contributed by atoms with E-state index in [1.807, 2.05) is 0 Å². The number of nitro groups is 2. The molecule has 0 unspecified atom stereocenters. The third-order valence-electron chi connectivity index (χ3n) is 8.19. The fourth-order valence-corrected chi connectivity index (χ4v) is 6.48. The third-order valence-corrected chi connectivity index (χ3v) is 10.0. The van der Waals surface area contributed by atoms with Crippen LogP contribution in [-0.2, 0) is 37.4 Å². The van der Waals surface area contributed by atoms with Crippen LogP contribution in [0.3, 0.4) is 0 Å². The van der Waals surface area contributed by atoms with Gasteiger partial charge in [0.25, 0.3) is 22.5 Å². The van der Waals surface area contributed by atoms with Crippen LogP contribution in [0.4, 0.5) is 34.1 Å². The zero-order chi connectivity index (χ0) is 44.4. The van der Waals surface area contributed by atoms with E-state index in [4.69, 9.17) is 10.3 Å². The van der Waals surface area contributed by atoms with E-state index >= 15 is 0 Å². The molecule has 0 saturated carbocycles. The quantitative estimate of drug-likeness (QED) is 0.0637. The van der Waals surface area contributed by atoms with Gasteiger partial charge in [0.1, 0.15) is 0 Å². The number of hydrogen-bond acceptors (Lipinski definition) is 16. The summed E-state index contributed by atoms with van der Waals surface area (Å²) in [5.74, 6) is -1.85. The van der Waals surface area contributed by atoms with Gasteiger partial charge in [-0.2, -0.15) is 10.2 Å². The maximum absolute atomic E-state index is 12.7. The predicted molar refractivity (Wildman–Crippen MR) is 208 cm³/mol. The molecule has 0 aliphatic carbocycles. The Morgan fingerprint density at radius 2 is 0.935 bits per heavy atom. The van der Waals surface area contributed by atoms with Crippen molar-refractivity contribution in [2.24, 2.45) is 30.7 Å². The first kappa shape index (κ1) is 50.2. The molecule has 0 radical (unpaired) electrons. The van der Waals surface area contributed by atoms with Gasteiger partial charge in [0.2, 0.25) is 20.0 Å². The Labute approximate surface area is 382 Å². The van der Waals surface area contributed by atoms with Crippen molar-refractivity contribution in [3.8, 4) is 22.9 Å². The molecule has 28 heteroatoms. The van der Waals surface area contributed by atoms with Gasteiger partial charge in [-0.05, 0) is 87.4 Å². The second-order valence-corrected chi connectivity index (χ2v) is 15.8. The summed E-state index contributed by atoms with van der Waals surface area (Å²) in [7, 11) is -7.95. The first-order valence-electron chi connectivity index (χ1n) is 16.6. The van der Waals surface area contributed by atoms with Crippen LogP contribution < -0.4 is 61.2 Å². The number of rotatable bonds is 10. The Hall–Kier alpha value is -6.15. The van der Waals surface area contributed by atoms with Crippen LogP contribution in [0, 0.1) is 47.9 Å². The number of H-pyrrole nitrogens is 2. The average Bonchev–Trinajstić information content (AvgIpc) is 3.62. The van der Waals surface area contributed by atoms with E-state index < -0.39 is 63.9 Å². The molecule has 62 heavy (non-hydrogen) atoms. The Morgan fingerprint density at radius 1 is 0.597 bits per heavy atom. The number of aromatic nitrogens is 4. The Morgan fingerprint density at radius 3 is 1.24 bits per heavy atom. The molecule has 0 aliphatic rings. The molecular formula is C34H30CrN12NaO12S2-. The van der Waals surface area contributed by atoms with E-state index in [9.17, 15) is 56.9 Å². The molecule has 6 N–H and O–H groups in total. The fourth-order valence-electron chi connectivity index (χ4n) is 5.37. The number of benzene rings is 4. The Kier molecular flexibility index (Phi) is 16.0. The van der Waals surface area contributed by atoms with E-state index in [2.05, 4.69) is 30.7 Å². The first-order valence-corrected chi connectivity index (χ1v) is 19.7. The number of aryl methyl sites for hydroxylation is 4. The molecule has 0 aliphatic heterocycles. The first-order chi connectivity index (χ1) is 28.0. The van der Waals surface area contributed by atoms with E-state index in [0.717, 1.165) is 21.5 Å². The largest absolute Gasteiger partial charge is 1.00 e. The minimum absolute atomic E-state index is 0. The predicted octanol–water partition coefficient (Wildman–Crippen LogP) is 0.656. The van der Waals surface area contributed by atoms with Gasteiger partial charge in [0.05, 0.1) is 53.8 Å².